The van der Waals surface area contributed by atoms with Crippen molar-refractivity contribution in [1.82, 2.24) is 19.9 Å². The summed E-state index contributed by atoms with van der Waals surface area (Å²) in [6, 6.07) is 24.0. The Kier molecular flexibility index (Phi) is 14.0. The summed E-state index contributed by atoms with van der Waals surface area (Å²) in [7, 11) is 0. The van der Waals surface area contributed by atoms with Crippen molar-refractivity contribution < 1.29 is 19.1 Å². The Balaban J connectivity index is 0.000000199. The monoisotopic (exact) mass is 738 g/mol. The van der Waals surface area contributed by atoms with E-state index < -0.39 is 11.2 Å². The predicted molar refractivity (Wildman–Crippen MR) is 183 cm³/mol. The quantitative estimate of drug-likeness (QED) is 0.138. The normalized spacial score (nSPS) is 10.0. The predicted octanol–water partition coefficient (Wildman–Crippen LogP) is 8.64. The second-order valence-corrected chi connectivity index (χ2v) is 10.8. The number of nitrogens with one attached hydrogen (secondary N) is 1. The number of benzene rings is 4. The Labute approximate surface area is 292 Å². The van der Waals surface area contributed by atoms with Gasteiger partial charge in [0.15, 0.2) is 6.61 Å². The lowest BCUT2D eigenvalue weighted by Gasteiger charge is -2.05. The number of esters is 1. The number of carbonyl (C=O) groups is 2. The maximum Gasteiger partial charge on any atom is 0.346 e. The summed E-state index contributed by atoms with van der Waals surface area (Å²) in [5, 5.41) is 0.953. The highest BCUT2D eigenvalue weighted by Gasteiger charge is 2.14. The summed E-state index contributed by atoms with van der Waals surface area (Å²) in [5.41, 5.74) is 3.01. The van der Waals surface area contributed by atoms with Gasteiger partial charge in [-0.25, -0.2) is 19.7 Å². The van der Waals surface area contributed by atoms with Crippen LogP contribution in [0.15, 0.2) is 102 Å². The molecule has 9 nitrogen and oxygen atoms in total. The molecule has 0 aliphatic carbocycles. The van der Waals surface area contributed by atoms with Gasteiger partial charge in [0.1, 0.15) is 5.75 Å². The lowest BCUT2D eigenvalue weighted by molar-refractivity contribution is -0.113. The number of H-pyrrole nitrogens is 1. The van der Waals surface area contributed by atoms with Crippen LogP contribution in [0.3, 0.4) is 0 Å². The van der Waals surface area contributed by atoms with Crippen molar-refractivity contribution in [3.63, 3.8) is 0 Å². The number of ether oxygens (including phenoxy) is 2. The van der Waals surface area contributed by atoms with Gasteiger partial charge in [0.2, 0.25) is 5.88 Å². The van der Waals surface area contributed by atoms with Crippen molar-refractivity contribution in [2.45, 2.75) is 0 Å². The zero-order chi connectivity index (χ0) is 32.3. The van der Waals surface area contributed by atoms with E-state index in [4.69, 9.17) is 67.5 Å². The van der Waals surface area contributed by atoms with Crippen LogP contribution in [0.5, 0.6) is 11.6 Å². The van der Waals surface area contributed by atoms with Crippen LogP contribution in [0.1, 0.15) is 10.4 Å². The molecule has 2 aromatic heterocycles. The first-order valence-corrected chi connectivity index (χ1v) is 14.6. The Morgan fingerprint density at radius 2 is 1.35 bits per heavy atom. The Morgan fingerprint density at radius 1 is 0.739 bits per heavy atom. The standard InChI is InChI=1S/C15H8Cl2N2O2.C8H5Cl3O2.C8H6N2O.ClH/c16-9-5-6-10(11(17)7-9)15(20)21-14-8-18-12-3-1-2-4-13(12)19-14;9-5-1-2-7(6(10)3-5)13-4-8(11)12;11-8-5-9-6-3-1-2-4-7(6)10-8;/h1-8H;1-3H,4H2;1-5H,(H,10,11);1H. The number of hydrogen-bond acceptors (Lipinski definition) is 8. The molecule has 6 rings (SSSR count). The van der Waals surface area contributed by atoms with E-state index in [1.54, 1.807) is 24.3 Å². The molecule has 0 spiro atoms. The number of hydrogen-bond donors (Lipinski definition) is 1. The van der Waals surface area contributed by atoms with Gasteiger partial charge in [0.05, 0.1) is 50.1 Å². The molecule has 1 N–H and O–H groups in total. The first-order valence-electron chi connectivity index (χ1n) is 12.7. The summed E-state index contributed by atoms with van der Waals surface area (Å²) >= 11 is 28.2. The summed E-state index contributed by atoms with van der Waals surface area (Å²) in [5.74, 6) is -0.106. The van der Waals surface area contributed by atoms with Crippen molar-refractivity contribution in [2.24, 2.45) is 0 Å². The summed E-state index contributed by atoms with van der Waals surface area (Å²) in [6.07, 6.45) is 2.67. The fourth-order valence-electron chi connectivity index (χ4n) is 3.51. The molecule has 4 aromatic carbocycles. The number of carbonyl (C=O) groups excluding carboxylic acids is 2. The largest absolute Gasteiger partial charge is 0.483 e. The van der Waals surface area contributed by atoms with Gasteiger partial charge >= 0.3 is 5.97 Å². The molecule has 0 radical (unpaired) electrons. The molecule has 0 amide bonds. The molecule has 236 valence electrons. The van der Waals surface area contributed by atoms with Crippen molar-refractivity contribution in [3.8, 4) is 11.6 Å². The number of rotatable bonds is 5. The van der Waals surface area contributed by atoms with Crippen molar-refractivity contribution in [3.05, 3.63) is 133 Å². The number of nitrogens with zero attached hydrogens (tertiary/aromatic N) is 3. The topological polar surface area (TPSA) is 124 Å². The molecule has 46 heavy (non-hydrogen) atoms. The highest BCUT2D eigenvalue weighted by molar-refractivity contribution is 6.64. The van der Waals surface area contributed by atoms with E-state index in [0.717, 1.165) is 16.6 Å². The Morgan fingerprint density at radius 3 is 2.02 bits per heavy atom. The van der Waals surface area contributed by atoms with E-state index in [2.05, 4.69) is 19.9 Å². The van der Waals surface area contributed by atoms with Crippen LogP contribution in [0.25, 0.3) is 22.1 Å². The Bertz CT molecular complexity index is 2040. The van der Waals surface area contributed by atoms with Crippen molar-refractivity contribution in [1.29, 1.82) is 0 Å². The van der Waals surface area contributed by atoms with Gasteiger partial charge in [-0.3, -0.25) is 9.59 Å². The third-order valence-electron chi connectivity index (χ3n) is 5.49. The second-order valence-electron chi connectivity index (χ2n) is 8.69. The highest BCUT2D eigenvalue weighted by atomic mass is 35.5. The average molecular weight is 741 g/mol. The molecular formula is C31H20Cl6N4O5. The first kappa shape index (κ1) is 36.5. The van der Waals surface area contributed by atoms with Crippen LogP contribution in [-0.4, -0.2) is 37.8 Å². The summed E-state index contributed by atoms with van der Waals surface area (Å²) in [6.45, 7) is -0.205. The molecule has 6 aromatic rings. The number of aromatic nitrogens is 4. The van der Waals surface area contributed by atoms with Crippen molar-refractivity contribution >= 4 is 104 Å². The number of halogens is 6. The third-order valence-corrected chi connectivity index (χ3v) is 6.68. The minimum atomic E-state index is -0.610. The molecule has 0 saturated heterocycles. The average Bonchev–Trinajstić information content (AvgIpc) is 3.01. The zero-order valence-electron chi connectivity index (χ0n) is 23.1. The minimum absolute atomic E-state index is 0. The molecular weight excluding hydrogens is 721 g/mol. The smallest absolute Gasteiger partial charge is 0.346 e. The fourth-order valence-corrected chi connectivity index (χ4v) is 4.51. The number of fused-ring (bicyclic) bond motifs is 2. The van der Waals surface area contributed by atoms with Crippen LogP contribution >= 0.6 is 70.4 Å². The van der Waals surface area contributed by atoms with E-state index in [0.29, 0.717) is 26.3 Å². The molecule has 0 aliphatic rings. The molecule has 0 saturated carbocycles. The molecule has 15 heteroatoms. The van der Waals surface area contributed by atoms with Gasteiger partial charge in [-0.2, -0.15) is 0 Å². The zero-order valence-corrected chi connectivity index (χ0v) is 27.7. The van der Waals surface area contributed by atoms with E-state index in [9.17, 15) is 14.4 Å². The van der Waals surface area contributed by atoms with E-state index in [1.807, 2.05) is 42.5 Å². The number of aromatic amines is 1. The van der Waals surface area contributed by atoms with Crippen LogP contribution in [0, 0.1) is 0 Å². The van der Waals surface area contributed by atoms with E-state index >= 15 is 0 Å². The van der Waals surface area contributed by atoms with E-state index in [1.165, 1.54) is 30.6 Å². The van der Waals surface area contributed by atoms with Crippen LogP contribution in [0.4, 0.5) is 0 Å². The third kappa shape index (κ3) is 10.8. The van der Waals surface area contributed by atoms with Gasteiger partial charge in [-0.1, -0.05) is 70.7 Å². The van der Waals surface area contributed by atoms with Crippen LogP contribution in [0.2, 0.25) is 20.1 Å². The van der Waals surface area contributed by atoms with Gasteiger partial charge < -0.3 is 14.5 Å². The molecule has 0 unspecified atom stereocenters. The van der Waals surface area contributed by atoms with Crippen LogP contribution < -0.4 is 15.0 Å². The van der Waals surface area contributed by atoms with E-state index in [-0.39, 0.29) is 41.0 Å². The fraction of sp³-hybridized carbons (Fsp3) is 0.0323. The SMILES string of the molecule is Cl.O=C(Cl)COc1ccc(Cl)cc1Cl.O=C(Oc1cnc2ccccc2n1)c1ccc(Cl)cc1Cl.O=c1cnc2ccccc2[nH]1. The maximum atomic E-state index is 12.1. The van der Waals surface area contributed by atoms with Gasteiger partial charge in [-0.15, -0.1) is 12.4 Å². The number of para-hydroxylation sites is 4. The molecule has 0 bridgehead atoms. The lowest BCUT2D eigenvalue weighted by Crippen LogP contribution is -2.10. The molecule has 2 heterocycles. The second kappa shape index (κ2) is 17.7. The first-order chi connectivity index (χ1) is 21.6. The Hall–Kier alpha value is -3.96. The molecule has 0 aliphatic heterocycles. The molecule has 0 fully saturated rings. The molecule has 0 atom stereocenters. The van der Waals surface area contributed by atoms with Crippen molar-refractivity contribution in [2.75, 3.05) is 6.61 Å². The van der Waals surface area contributed by atoms with Gasteiger partial charge in [0, 0.05) is 10.0 Å². The summed E-state index contributed by atoms with van der Waals surface area (Å²) in [4.78, 5) is 48.2. The maximum absolute atomic E-state index is 12.1. The highest BCUT2D eigenvalue weighted by Crippen LogP contribution is 2.27. The van der Waals surface area contributed by atoms with Gasteiger partial charge in [-0.05, 0) is 72.3 Å². The summed E-state index contributed by atoms with van der Waals surface area (Å²) < 4.78 is 10.2. The lowest BCUT2D eigenvalue weighted by atomic mass is 10.2. The minimum Gasteiger partial charge on any atom is -0.483 e. The van der Waals surface area contributed by atoms with Crippen LogP contribution in [-0.2, 0) is 4.79 Å². The van der Waals surface area contributed by atoms with Gasteiger partial charge in [0.25, 0.3) is 10.8 Å².